The number of para-hydroxylation sites is 2. The number of carbonyl (C=O) groups is 1. The third-order valence-electron chi connectivity index (χ3n) is 4.23. The number of amides is 1. The van der Waals surface area contributed by atoms with Crippen LogP contribution in [0.15, 0.2) is 53.3 Å². The minimum Gasteiger partial charge on any atom is -0.494 e. The summed E-state index contributed by atoms with van der Waals surface area (Å²) in [6.45, 7) is 1.61. The van der Waals surface area contributed by atoms with Gasteiger partial charge in [-0.05, 0) is 31.2 Å². The Bertz CT molecular complexity index is 1300. The van der Waals surface area contributed by atoms with E-state index >= 15 is 0 Å². The van der Waals surface area contributed by atoms with Crippen molar-refractivity contribution in [3.63, 3.8) is 0 Å². The van der Waals surface area contributed by atoms with Crippen LogP contribution in [0.5, 0.6) is 5.75 Å². The number of methoxy groups -OCH3 is 1. The average Bonchev–Trinajstić information content (AvgIpc) is 3.11. The second kappa shape index (κ2) is 7.44. The number of aromatic nitrogens is 3. The minimum absolute atomic E-state index is 0.142. The second-order valence-electron chi connectivity index (χ2n) is 6.14. The Hall–Kier alpha value is -3.59. The molecule has 0 saturated heterocycles. The lowest BCUT2D eigenvalue weighted by molar-refractivity contribution is 0.101. The highest BCUT2D eigenvalue weighted by molar-refractivity contribution is 7.22. The quantitative estimate of drug-likeness (QED) is 0.556. The average molecular weight is 410 g/mol. The van der Waals surface area contributed by atoms with E-state index in [-0.39, 0.29) is 11.4 Å². The molecule has 0 bridgehead atoms. The third kappa shape index (κ3) is 3.47. The van der Waals surface area contributed by atoms with Crippen molar-refractivity contribution >= 4 is 32.6 Å². The summed E-state index contributed by atoms with van der Waals surface area (Å²) in [4.78, 5) is 29.4. The zero-order valence-corrected chi connectivity index (χ0v) is 16.3. The van der Waals surface area contributed by atoms with Crippen LogP contribution in [0.2, 0.25) is 0 Å². The Kier molecular flexibility index (Phi) is 4.81. The van der Waals surface area contributed by atoms with Crippen LogP contribution in [0.1, 0.15) is 16.2 Å². The molecular weight excluding hydrogens is 395 g/mol. The van der Waals surface area contributed by atoms with Crippen molar-refractivity contribution in [1.82, 2.24) is 14.8 Å². The maximum absolute atomic E-state index is 14.2. The van der Waals surface area contributed by atoms with Gasteiger partial charge in [0, 0.05) is 11.8 Å². The molecule has 0 atom stereocenters. The monoisotopic (exact) mass is 410 g/mol. The summed E-state index contributed by atoms with van der Waals surface area (Å²) in [6, 6.07) is 12.7. The van der Waals surface area contributed by atoms with Gasteiger partial charge in [0.2, 0.25) is 5.43 Å². The topological polar surface area (TPSA) is 86.1 Å². The number of aryl methyl sites for hydroxylation is 1. The zero-order chi connectivity index (χ0) is 20.5. The van der Waals surface area contributed by atoms with Crippen LogP contribution in [0, 0.1) is 12.7 Å². The molecule has 29 heavy (non-hydrogen) atoms. The van der Waals surface area contributed by atoms with Gasteiger partial charge in [-0.15, -0.1) is 0 Å². The van der Waals surface area contributed by atoms with Gasteiger partial charge in [-0.25, -0.2) is 14.1 Å². The van der Waals surface area contributed by atoms with E-state index in [1.54, 1.807) is 25.1 Å². The molecule has 0 unspecified atom stereocenters. The van der Waals surface area contributed by atoms with Gasteiger partial charge in [0.05, 0.1) is 11.8 Å². The minimum atomic E-state index is -0.724. The van der Waals surface area contributed by atoms with Crippen molar-refractivity contribution in [2.24, 2.45) is 0 Å². The van der Waals surface area contributed by atoms with Gasteiger partial charge < -0.3 is 4.74 Å². The van der Waals surface area contributed by atoms with Gasteiger partial charge >= 0.3 is 0 Å². The number of hydrogen-bond donors (Lipinski definition) is 1. The highest BCUT2D eigenvalue weighted by Gasteiger charge is 2.19. The van der Waals surface area contributed by atoms with Gasteiger partial charge in [-0.2, -0.15) is 5.10 Å². The van der Waals surface area contributed by atoms with Crippen LogP contribution in [-0.4, -0.2) is 27.8 Å². The Labute approximate surface area is 168 Å². The first-order chi connectivity index (χ1) is 14.0. The largest absolute Gasteiger partial charge is 0.494 e. The standard InChI is InChI=1S/C20H15FN4O3S/c1-11-10-14(26)17(24-25(11)13-7-4-3-6-12(13)21)19(27)23-20-22-18-15(28-2)8-5-9-16(18)29-20/h3-10H,1-2H3,(H,22,23,27). The number of ether oxygens (including phenoxy) is 1. The highest BCUT2D eigenvalue weighted by atomic mass is 32.1. The van der Waals surface area contributed by atoms with E-state index in [0.29, 0.717) is 22.1 Å². The summed E-state index contributed by atoms with van der Waals surface area (Å²) in [7, 11) is 1.54. The highest BCUT2D eigenvalue weighted by Crippen LogP contribution is 2.32. The van der Waals surface area contributed by atoms with E-state index in [4.69, 9.17) is 4.74 Å². The van der Waals surface area contributed by atoms with E-state index in [9.17, 15) is 14.0 Å². The molecule has 4 rings (SSSR count). The maximum Gasteiger partial charge on any atom is 0.281 e. The predicted molar refractivity (Wildman–Crippen MR) is 109 cm³/mol. The molecule has 2 aromatic heterocycles. The summed E-state index contributed by atoms with van der Waals surface area (Å²) < 4.78 is 21.5. The van der Waals surface area contributed by atoms with Crippen LogP contribution in [0.25, 0.3) is 15.9 Å². The molecule has 0 aliphatic heterocycles. The molecule has 146 valence electrons. The molecule has 0 aliphatic carbocycles. The number of hydrogen-bond acceptors (Lipinski definition) is 6. The van der Waals surface area contributed by atoms with Crippen LogP contribution in [0.4, 0.5) is 9.52 Å². The molecule has 0 saturated carbocycles. The van der Waals surface area contributed by atoms with E-state index < -0.39 is 17.2 Å². The molecular formula is C20H15FN4O3S. The molecule has 0 aliphatic rings. The van der Waals surface area contributed by atoms with E-state index in [1.807, 2.05) is 12.1 Å². The van der Waals surface area contributed by atoms with Crippen molar-refractivity contribution < 1.29 is 13.9 Å². The van der Waals surface area contributed by atoms with Crippen molar-refractivity contribution in [2.45, 2.75) is 6.92 Å². The molecule has 0 fully saturated rings. The Morgan fingerprint density at radius 1 is 1.21 bits per heavy atom. The first kappa shape index (κ1) is 18.8. The molecule has 2 heterocycles. The molecule has 4 aromatic rings. The normalized spacial score (nSPS) is 10.9. The predicted octanol–water partition coefficient (Wildman–Crippen LogP) is 3.55. The van der Waals surface area contributed by atoms with Crippen LogP contribution < -0.4 is 15.5 Å². The van der Waals surface area contributed by atoms with Crippen LogP contribution >= 0.6 is 11.3 Å². The molecule has 0 spiro atoms. The van der Waals surface area contributed by atoms with E-state index in [0.717, 1.165) is 4.70 Å². The fourth-order valence-electron chi connectivity index (χ4n) is 2.87. The van der Waals surface area contributed by atoms with Crippen molar-refractivity contribution in [1.29, 1.82) is 0 Å². The van der Waals surface area contributed by atoms with E-state index in [1.165, 1.54) is 41.3 Å². The lowest BCUT2D eigenvalue weighted by Gasteiger charge is -2.11. The van der Waals surface area contributed by atoms with Gasteiger partial charge in [-0.3, -0.25) is 14.9 Å². The first-order valence-electron chi connectivity index (χ1n) is 8.58. The van der Waals surface area contributed by atoms with Crippen LogP contribution in [0.3, 0.4) is 0 Å². The maximum atomic E-state index is 14.2. The number of fused-ring (bicyclic) bond motifs is 1. The third-order valence-corrected chi connectivity index (χ3v) is 5.16. The SMILES string of the molecule is COc1cccc2sc(NC(=O)c3nn(-c4ccccc4F)c(C)cc3=O)nc12. The summed E-state index contributed by atoms with van der Waals surface area (Å²) in [6.07, 6.45) is 0. The first-order valence-corrected chi connectivity index (χ1v) is 9.40. The van der Waals surface area contributed by atoms with E-state index in [2.05, 4.69) is 15.4 Å². The van der Waals surface area contributed by atoms with Gasteiger partial charge in [-0.1, -0.05) is 29.5 Å². The fraction of sp³-hybridized carbons (Fsp3) is 0.100. The molecule has 1 amide bonds. The van der Waals surface area contributed by atoms with Crippen LogP contribution in [-0.2, 0) is 0 Å². The molecule has 7 nitrogen and oxygen atoms in total. The van der Waals surface area contributed by atoms with Crippen molar-refractivity contribution in [3.05, 3.63) is 76.0 Å². The van der Waals surface area contributed by atoms with Gasteiger partial charge in [0.25, 0.3) is 5.91 Å². The van der Waals surface area contributed by atoms with Gasteiger partial charge in [0.1, 0.15) is 22.8 Å². The number of rotatable bonds is 4. The molecule has 9 heteroatoms. The molecule has 0 radical (unpaired) electrons. The Morgan fingerprint density at radius 3 is 2.76 bits per heavy atom. The number of carbonyl (C=O) groups excluding carboxylic acids is 1. The molecule has 1 N–H and O–H groups in total. The zero-order valence-electron chi connectivity index (χ0n) is 15.5. The van der Waals surface area contributed by atoms with Crippen molar-refractivity contribution in [3.8, 4) is 11.4 Å². The number of nitrogens with zero attached hydrogens (tertiary/aromatic N) is 3. The lowest BCUT2D eigenvalue weighted by atomic mass is 10.2. The summed E-state index contributed by atoms with van der Waals surface area (Å²) >= 11 is 1.24. The number of thiazole rings is 1. The smallest absolute Gasteiger partial charge is 0.281 e. The number of halogens is 1. The number of benzene rings is 2. The summed E-state index contributed by atoms with van der Waals surface area (Å²) in [5.74, 6) is -0.663. The summed E-state index contributed by atoms with van der Waals surface area (Å²) in [5.41, 5.74) is 0.234. The fourth-order valence-corrected chi connectivity index (χ4v) is 3.75. The lowest BCUT2D eigenvalue weighted by Crippen LogP contribution is -2.27. The van der Waals surface area contributed by atoms with Crippen molar-refractivity contribution in [2.75, 3.05) is 12.4 Å². The second-order valence-corrected chi connectivity index (χ2v) is 7.17. The molecule has 2 aromatic carbocycles. The summed E-state index contributed by atoms with van der Waals surface area (Å²) in [5, 5.41) is 6.99. The Balaban J connectivity index is 1.72. The Morgan fingerprint density at radius 2 is 2.00 bits per heavy atom. The number of nitrogens with one attached hydrogen (secondary N) is 1. The number of anilines is 1. The van der Waals surface area contributed by atoms with Gasteiger partial charge in [0.15, 0.2) is 10.8 Å².